The molecule has 0 saturated heterocycles. The fraction of sp³-hybridized carbons (Fsp3) is 0.360. The Balaban J connectivity index is 1.88. The Kier molecular flexibility index (Phi) is 7.81. The lowest BCUT2D eigenvalue weighted by Crippen LogP contribution is -2.43. The number of carbonyl (C=O) groups is 2. The molecule has 3 aromatic rings. The monoisotopic (exact) mass is 470 g/mol. The lowest BCUT2D eigenvalue weighted by molar-refractivity contribution is 0.0505. The lowest BCUT2D eigenvalue weighted by atomic mass is 10.1. The molecule has 3 rings (SSSR count). The number of esters is 1. The fourth-order valence-electron chi connectivity index (χ4n) is 3.39. The van der Waals surface area contributed by atoms with Crippen molar-refractivity contribution in [3.63, 3.8) is 0 Å². The SMILES string of the molecule is COC(=O)c1sc2ccc(OC)cc2c1NCC(Cc1ccccc1)NC(=O)OC(C)(C)C. The van der Waals surface area contributed by atoms with Gasteiger partial charge in [-0.1, -0.05) is 30.3 Å². The summed E-state index contributed by atoms with van der Waals surface area (Å²) in [6, 6.07) is 15.3. The first kappa shape index (κ1) is 24.4. The summed E-state index contributed by atoms with van der Waals surface area (Å²) in [5.41, 5.74) is 1.13. The first-order valence-electron chi connectivity index (χ1n) is 10.7. The van der Waals surface area contributed by atoms with E-state index in [9.17, 15) is 9.59 Å². The zero-order chi connectivity index (χ0) is 24.0. The van der Waals surface area contributed by atoms with Crippen LogP contribution in [0.4, 0.5) is 10.5 Å². The predicted octanol–water partition coefficient (Wildman–Crippen LogP) is 5.24. The summed E-state index contributed by atoms with van der Waals surface area (Å²) in [5, 5.41) is 7.19. The molecule has 1 unspecified atom stereocenters. The molecule has 7 nitrogen and oxygen atoms in total. The molecule has 0 bridgehead atoms. The van der Waals surface area contributed by atoms with Crippen molar-refractivity contribution < 1.29 is 23.8 Å². The summed E-state index contributed by atoms with van der Waals surface area (Å²) in [6.45, 7) is 5.85. The molecule has 0 aliphatic carbocycles. The van der Waals surface area contributed by atoms with Gasteiger partial charge in [0.25, 0.3) is 0 Å². The van der Waals surface area contributed by atoms with E-state index < -0.39 is 17.7 Å². The van der Waals surface area contributed by atoms with Crippen LogP contribution in [0.5, 0.6) is 5.75 Å². The van der Waals surface area contributed by atoms with Crippen molar-refractivity contribution in [1.29, 1.82) is 0 Å². The summed E-state index contributed by atoms with van der Waals surface area (Å²) in [4.78, 5) is 25.4. The third-order valence-corrected chi connectivity index (χ3v) is 5.99. The van der Waals surface area contributed by atoms with Crippen LogP contribution in [0.2, 0.25) is 0 Å². The first-order valence-corrected chi connectivity index (χ1v) is 11.5. The molecule has 2 N–H and O–H groups in total. The minimum Gasteiger partial charge on any atom is -0.497 e. The zero-order valence-electron chi connectivity index (χ0n) is 19.6. The molecule has 0 fully saturated rings. The number of benzene rings is 2. The molecule has 0 radical (unpaired) electrons. The number of hydrogen-bond acceptors (Lipinski definition) is 7. The average molecular weight is 471 g/mol. The van der Waals surface area contributed by atoms with E-state index in [0.29, 0.717) is 29.3 Å². The highest BCUT2D eigenvalue weighted by Gasteiger charge is 2.23. The number of amides is 1. The molecule has 0 spiro atoms. The molecular formula is C25H30N2O5S. The molecule has 1 atom stereocenters. The Morgan fingerprint density at radius 2 is 1.79 bits per heavy atom. The van der Waals surface area contributed by atoms with E-state index >= 15 is 0 Å². The molecule has 1 amide bonds. The van der Waals surface area contributed by atoms with Gasteiger partial charge in [0, 0.05) is 16.6 Å². The third kappa shape index (κ3) is 6.61. The number of carbonyl (C=O) groups excluding carboxylic acids is 2. The number of ether oxygens (including phenoxy) is 3. The number of methoxy groups -OCH3 is 2. The summed E-state index contributed by atoms with van der Waals surface area (Å²) < 4.78 is 16.7. The van der Waals surface area contributed by atoms with Gasteiger partial charge in [-0.3, -0.25) is 0 Å². The van der Waals surface area contributed by atoms with Crippen LogP contribution in [0.1, 0.15) is 36.0 Å². The van der Waals surface area contributed by atoms with Crippen molar-refractivity contribution in [1.82, 2.24) is 5.32 Å². The molecule has 0 saturated carbocycles. The second kappa shape index (κ2) is 10.6. The number of anilines is 1. The quantitative estimate of drug-likeness (QED) is 0.438. The second-order valence-corrected chi connectivity index (χ2v) is 9.63. The van der Waals surface area contributed by atoms with Crippen molar-refractivity contribution in [2.75, 3.05) is 26.1 Å². The highest BCUT2D eigenvalue weighted by atomic mass is 32.1. The van der Waals surface area contributed by atoms with Gasteiger partial charge in [0.1, 0.15) is 16.2 Å². The largest absolute Gasteiger partial charge is 0.497 e. The maximum absolute atomic E-state index is 12.5. The van der Waals surface area contributed by atoms with Crippen LogP contribution < -0.4 is 15.4 Å². The first-order chi connectivity index (χ1) is 15.7. The van der Waals surface area contributed by atoms with Crippen LogP contribution in [0.3, 0.4) is 0 Å². The molecule has 2 aromatic carbocycles. The van der Waals surface area contributed by atoms with E-state index in [2.05, 4.69) is 10.6 Å². The van der Waals surface area contributed by atoms with Crippen molar-refractivity contribution in [3.05, 3.63) is 59.0 Å². The van der Waals surface area contributed by atoms with E-state index in [1.807, 2.05) is 69.3 Å². The Labute approximate surface area is 198 Å². The Hall–Kier alpha value is -3.26. The van der Waals surface area contributed by atoms with E-state index in [1.165, 1.54) is 18.4 Å². The van der Waals surface area contributed by atoms with Crippen LogP contribution in [-0.2, 0) is 15.9 Å². The van der Waals surface area contributed by atoms with Crippen LogP contribution in [0.15, 0.2) is 48.5 Å². The van der Waals surface area contributed by atoms with Crippen molar-refractivity contribution in [3.8, 4) is 5.75 Å². The van der Waals surface area contributed by atoms with Crippen LogP contribution in [0, 0.1) is 0 Å². The molecule has 1 aromatic heterocycles. The van der Waals surface area contributed by atoms with Gasteiger partial charge in [0.05, 0.1) is 25.9 Å². The zero-order valence-corrected chi connectivity index (χ0v) is 20.4. The number of nitrogens with one attached hydrogen (secondary N) is 2. The maximum atomic E-state index is 12.5. The fourth-order valence-corrected chi connectivity index (χ4v) is 4.47. The minimum absolute atomic E-state index is 0.284. The van der Waals surface area contributed by atoms with Gasteiger partial charge in [-0.05, 0) is 51.0 Å². The highest BCUT2D eigenvalue weighted by molar-refractivity contribution is 7.21. The van der Waals surface area contributed by atoms with E-state index in [-0.39, 0.29) is 6.04 Å². The van der Waals surface area contributed by atoms with Crippen molar-refractivity contribution in [2.24, 2.45) is 0 Å². The second-order valence-electron chi connectivity index (χ2n) is 8.57. The van der Waals surface area contributed by atoms with Gasteiger partial charge < -0.3 is 24.8 Å². The molecule has 0 aliphatic rings. The molecule has 1 heterocycles. The van der Waals surface area contributed by atoms with Gasteiger partial charge >= 0.3 is 12.1 Å². The topological polar surface area (TPSA) is 85.9 Å². The maximum Gasteiger partial charge on any atom is 0.407 e. The van der Waals surface area contributed by atoms with Gasteiger partial charge in [0.2, 0.25) is 0 Å². The average Bonchev–Trinajstić information content (AvgIpc) is 3.14. The Morgan fingerprint density at radius 1 is 1.06 bits per heavy atom. The van der Waals surface area contributed by atoms with E-state index in [0.717, 1.165) is 15.6 Å². The van der Waals surface area contributed by atoms with Gasteiger partial charge in [0.15, 0.2) is 0 Å². The number of fused-ring (bicyclic) bond motifs is 1. The summed E-state index contributed by atoms with van der Waals surface area (Å²) >= 11 is 1.35. The normalized spacial score (nSPS) is 12.2. The van der Waals surface area contributed by atoms with Crippen molar-refractivity contribution >= 4 is 39.2 Å². The Bertz CT molecular complexity index is 1110. The predicted molar refractivity (Wildman–Crippen MR) is 132 cm³/mol. The number of thiophene rings is 1. The molecule has 176 valence electrons. The van der Waals surface area contributed by atoms with Crippen LogP contribution in [-0.4, -0.2) is 44.5 Å². The molecule has 0 aliphatic heterocycles. The summed E-state index contributed by atoms with van der Waals surface area (Å²) in [5.74, 6) is 0.268. The summed E-state index contributed by atoms with van der Waals surface area (Å²) in [6.07, 6.45) is 0.0988. The number of rotatable bonds is 8. The third-order valence-electron chi connectivity index (χ3n) is 4.84. The van der Waals surface area contributed by atoms with Gasteiger partial charge in [-0.15, -0.1) is 11.3 Å². The molecule has 33 heavy (non-hydrogen) atoms. The van der Waals surface area contributed by atoms with Crippen molar-refractivity contribution in [2.45, 2.75) is 38.8 Å². The van der Waals surface area contributed by atoms with Crippen LogP contribution in [0.25, 0.3) is 10.1 Å². The van der Waals surface area contributed by atoms with Crippen LogP contribution >= 0.6 is 11.3 Å². The van der Waals surface area contributed by atoms with Gasteiger partial charge in [-0.2, -0.15) is 0 Å². The number of alkyl carbamates (subject to hydrolysis) is 1. The Morgan fingerprint density at radius 3 is 2.42 bits per heavy atom. The molecule has 8 heteroatoms. The highest BCUT2D eigenvalue weighted by Crippen LogP contribution is 2.38. The smallest absolute Gasteiger partial charge is 0.407 e. The van der Waals surface area contributed by atoms with E-state index in [1.54, 1.807) is 7.11 Å². The van der Waals surface area contributed by atoms with Gasteiger partial charge in [-0.25, -0.2) is 9.59 Å². The molecular weight excluding hydrogens is 440 g/mol. The van der Waals surface area contributed by atoms with E-state index in [4.69, 9.17) is 14.2 Å². The summed E-state index contributed by atoms with van der Waals surface area (Å²) in [7, 11) is 2.96. The standard InChI is InChI=1S/C25H30N2O5S/c1-25(2,3)32-24(29)27-17(13-16-9-7-6-8-10-16)15-26-21-19-14-18(30-4)11-12-20(19)33-22(21)23(28)31-5/h6-12,14,17,26H,13,15H2,1-5H3,(H,27,29). The minimum atomic E-state index is -0.604. The number of hydrogen-bond donors (Lipinski definition) is 2. The lowest BCUT2D eigenvalue weighted by Gasteiger charge is -2.24.